The number of hydrogen-bond donors (Lipinski definition) is 0. The van der Waals surface area contributed by atoms with Gasteiger partial charge in [0.1, 0.15) is 11.3 Å². The number of rotatable bonds is 11. The minimum atomic E-state index is -0.218. The van der Waals surface area contributed by atoms with Crippen molar-refractivity contribution in [1.82, 2.24) is 47.8 Å². The monoisotopic (exact) mass is 1780 g/mol. The number of fused-ring (bicyclic) bond motifs is 12. The van der Waals surface area contributed by atoms with Crippen molar-refractivity contribution in [3.63, 3.8) is 0 Å². The standard InChI is InChI=1S/C52H49N5O.C43H31N5O.2Pt/c1-29(2)32-23-39(30(3)4)47(40(24-32)31(5)6)43-26-34(27-46(55-43)56-44-19-12-11-15-36(44)38-17-14-22-53-49(38)56)58-33-20-21-35-37-16-13-18-42-48(37)57-45(52(9,10)51(42,7)8)28-54-50(57)41(35)25-33;1-42(2)34-17-10-15-31-29-20-19-27(24-33(29)41-46-37(26-12-6-5-7-13-26)39(43(42,3)4)48(41)38(31)34)49-28-21-23-44-36(25-28)47-35-18-9-8-14-30(35)32-16-11-22-45-40(32)47;;/h11-24,26,28-31H,1-10H3;5-23H,1-4H3;;/q2*-2;2*+2. The largest absolute Gasteiger partial charge is 2.00 e. The van der Waals surface area contributed by atoms with Crippen LogP contribution in [0.1, 0.15) is 154 Å². The molecule has 0 N–H and O–H groups in total. The molecule has 14 heteroatoms. The maximum atomic E-state index is 6.93. The molecule has 542 valence electrons. The third kappa shape index (κ3) is 10.6. The van der Waals surface area contributed by atoms with Gasteiger partial charge in [0.15, 0.2) is 0 Å². The summed E-state index contributed by atoms with van der Waals surface area (Å²) in [5.41, 5.74) is 20.4. The number of ether oxygens (including phenoxy) is 2. The van der Waals surface area contributed by atoms with E-state index in [1.54, 1.807) is 12.4 Å². The maximum Gasteiger partial charge on any atom is 2.00 e. The number of benzene rings is 8. The second-order valence-electron chi connectivity index (χ2n) is 32.2. The molecule has 0 radical (unpaired) electrons. The first-order valence-corrected chi connectivity index (χ1v) is 37.3. The van der Waals surface area contributed by atoms with E-state index in [0.717, 1.165) is 99.2 Å². The van der Waals surface area contributed by atoms with Crippen molar-refractivity contribution in [3.05, 3.63) is 276 Å². The second-order valence-corrected chi connectivity index (χ2v) is 32.2. The molecule has 0 saturated heterocycles. The summed E-state index contributed by atoms with van der Waals surface area (Å²) in [6.07, 6.45) is 7.46. The molecule has 0 amide bonds. The molecule has 0 atom stereocenters. The molecule has 0 unspecified atom stereocenters. The Balaban J connectivity index is 0.000000158. The first-order valence-electron chi connectivity index (χ1n) is 37.3. The van der Waals surface area contributed by atoms with Crippen LogP contribution in [0.15, 0.2) is 213 Å². The van der Waals surface area contributed by atoms with Gasteiger partial charge in [-0.3, -0.25) is 29.1 Å². The number of para-hydroxylation sites is 4. The van der Waals surface area contributed by atoms with Crippen LogP contribution in [0.3, 0.4) is 0 Å². The van der Waals surface area contributed by atoms with Gasteiger partial charge in [-0.15, -0.1) is 30.3 Å². The van der Waals surface area contributed by atoms with E-state index in [1.807, 2.05) is 53.2 Å². The van der Waals surface area contributed by atoms with E-state index >= 15 is 0 Å². The van der Waals surface area contributed by atoms with Crippen LogP contribution >= 0.6 is 0 Å². The van der Waals surface area contributed by atoms with Gasteiger partial charge in [-0.05, 0) is 115 Å². The van der Waals surface area contributed by atoms with Crippen LogP contribution in [-0.2, 0) is 63.8 Å². The molecule has 0 saturated carbocycles. The van der Waals surface area contributed by atoms with E-state index in [0.29, 0.717) is 40.6 Å². The Bertz CT molecular complexity index is 6640. The summed E-state index contributed by atoms with van der Waals surface area (Å²) in [6.45, 7) is 32.4. The predicted octanol–water partition coefficient (Wildman–Crippen LogP) is 23.7. The van der Waals surface area contributed by atoms with Crippen LogP contribution in [-0.4, -0.2) is 47.8 Å². The van der Waals surface area contributed by atoms with Crippen molar-refractivity contribution >= 4 is 98.5 Å². The zero-order valence-electron chi connectivity index (χ0n) is 63.4. The average molecular weight is 1780 g/mol. The molecule has 109 heavy (non-hydrogen) atoms. The fraction of sp³-hybridized carbons (Fsp3) is 0.221. The van der Waals surface area contributed by atoms with E-state index in [1.165, 1.54) is 61.0 Å². The van der Waals surface area contributed by atoms with Crippen LogP contribution < -0.4 is 9.47 Å². The number of imidazole rings is 2. The summed E-state index contributed by atoms with van der Waals surface area (Å²) in [5, 5.41) is 10.8. The molecular weight excluding hydrogens is 1700 g/mol. The van der Waals surface area contributed by atoms with Crippen LogP contribution in [0.25, 0.3) is 133 Å². The molecule has 18 aromatic rings. The van der Waals surface area contributed by atoms with Crippen molar-refractivity contribution in [2.45, 2.75) is 136 Å². The molecule has 0 aliphatic carbocycles. The normalized spacial score (nSPS) is 14.5. The van der Waals surface area contributed by atoms with Crippen molar-refractivity contribution in [1.29, 1.82) is 0 Å². The van der Waals surface area contributed by atoms with Gasteiger partial charge in [-0.2, -0.15) is 18.2 Å². The van der Waals surface area contributed by atoms with E-state index < -0.39 is 0 Å². The number of hydrogen-bond acceptors (Lipinski definition) is 8. The molecule has 2 aliphatic heterocycles. The predicted molar refractivity (Wildman–Crippen MR) is 434 cm³/mol. The topological polar surface area (TPSA) is 114 Å². The van der Waals surface area contributed by atoms with Gasteiger partial charge >= 0.3 is 42.1 Å². The summed E-state index contributed by atoms with van der Waals surface area (Å²) >= 11 is 0. The van der Waals surface area contributed by atoms with Crippen LogP contribution in [0, 0.1) is 24.3 Å². The van der Waals surface area contributed by atoms with Gasteiger partial charge in [0.25, 0.3) is 0 Å². The van der Waals surface area contributed by atoms with Crippen molar-refractivity contribution in [2.75, 3.05) is 0 Å². The van der Waals surface area contributed by atoms with Gasteiger partial charge in [-0.25, -0.2) is 9.97 Å². The third-order valence-electron chi connectivity index (χ3n) is 24.3. The van der Waals surface area contributed by atoms with Gasteiger partial charge in [0, 0.05) is 113 Å². The quantitative estimate of drug-likeness (QED) is 0.0929. The summed E-state index contributed by atoms with van der Waals surface area (Å²) in [4.78, 5) is 30.3. The van der Waals surface area contributed by atoms with E-state index in [4.69, 9.17) is 39.4 Å². The first-order chi connectivity index (χ1) is 51.6. The minimum Gasteiger partial charge on any atom is -0.515 e. The van der Waals surface area contributed by atoms with Crippen LogP contribution in [0.2, 0.25) is 0 Å². The summed E-state index contributed by atoms with van der Waals surface area (Å²) in [7, 11) is 0. The third-order valence-corrected chi connectivity index (χ3v) is 24.3. The zero-order chi connectivity index (χ0) is 73.5. The molecule has 8 aromatic carbocycles. The Morgan fingerprint density at radius 2 is 0.881 bits per heavy atom. The van der Waals surface area contributed by atoms with E-state index in [-0.39, 0.29) is 75.6 Å². The molecule has 2 aliphatic rings. The minimum absolute atomic E-state index is 0. The Morgan fingerprint density at radius 3 is 1.47 bits per heavy atom. The molecule has 12 heterocycles. The van der Waals surface area contributed by atoms with E-state index in [9.17, 15) is 0 Å². The van der Waals surface area contributed by atoms with Gasteiger partial charge < -0.3 is 18.3 Å². The van der Waals surface area contributed by atoms with Gasteiger partial charge in [0.2, 0.25) is 0 Å². The van der Waals surface area contributed by atoms with Crippen LogP contribution in [0.5, 0.6) is 23.0 Å². The summed E-state index contributed by atoms with van der Waals surface area (Å²) in [5.74, 6) is 4.46. The Kier molecular flexibility index (Phi) is 17.0. The fourth-order valence-corrected chi connectivity index (χ4v) is 17.3. The van der Waals surface area contributed by atoms with Crippen molar-refractivity contribution < 1.29 is 51.6 Å². The molecule has 0 spiro atoms. The molecule has 0 fully saturated rings. The Hall–Kier alpha value is -10.6. The van der Waals surface area contributed by atoms with Crippen molar-refractivity contribution in [2.24, 2.45) is 0 Å². The summed E-state index contributed by atoms with van der Waals surface area (Å²) < 4.78 is 22.4. The van der Waals surface area contributed by atoms with Crippen LogP contribution in [0.4, 0.5) is 0 Å². The molecule has 0 bridgehead atoms. The molecular formula is C95H80N10O2Pt2. The maximum absolute atomic E-state index is 6.93. The van der Waals surface area contributed by atoms with E-state index in [2.05, 4.69) is 286 Å². The Labute approximate surface area is 662 Å². The number of aromatic nitrogens is 10. The van der Waals surface area contributed by atoms with Gasteiger partial charge in [0.05, 0.1) is 28.0 Å². The molecule has 10 aromatic heterocycles. The average Bonchev–Trinajstić information content (AvgIpc) is 1.63. The molecule has 12 nitrogen and oxygen atoms in total. The van der Waals surface area contributed by atoms with Gasteiger partial charge in [-0.1, -0.05) is 252 Å². The SMILES string of the molecule is CC(C)c1cc(C(C)C)c(-c2cc(Oc3[c-]c4c(cc3)c3cccc5c3n3c(cnc43)C(C)(C)C5(C)C)[c-]c(-n3c4ccccc4c4cccnc43)n2)c(C(C)C)c1.CC1(C)c2cccc3c4ccc(Oc5[c-]c(-n6c7ccccc7c7cccnc76)ncc5)[c-]c4c4nc(-c5ccccc5)c(n4c23)C1(C)C.[Pt+2].[Pt+2]. The fourth-order valence-electron chi connectivity index (χ4n) is 17.3. The second kappa shape index (κ2) is 26.0. The molecule has 20 rings (SSSR count). The van der Waals surface area contributed by atoms with Crippen molar-refractivity contribution in [3.8, 4) is 57.1 Å². The zero-order valence-corrected chi connectivity index (χ0v) is 67.9. The number of nitrogens with zero attached hydrogens (tertiary/aromatic N) is 10. The Morgan fingerprint density at radius 1 is 0.376 bits per heavy atom. The first kappa shape index (κ1) is 71.3. The number of pyridine rings is 6. The summed E-state index contributed by atoms with van der Waals surface area (Å²) in [6, 6.07) is 80.1. The smallest absolute Gasteiger partial charge is 0.515 e.